The van der Waals surface area contributed by atoms with Crippen LogP contribution in [-0.2, 0) is 38.8 Å². The van der Waals surface area contributed by atoms with Gasteiger partial charge < -0.3 is 10.2 Å². The Morgan fingerprint density at radius 3 is 2.12 bits per heavy atom. The Hall–Kier alpha value is -4.35. The average molecular weight is 712 g/mol. The van der Waals surface area contributed by atoms with E-state index in [9.17, 15) is 31.2 Å². The van der Waals surface area contributed by atoms with E-state index in [1.54, 1.807) is 30.3 Å². The van der Waals surface area contributed by atoms with Crippen LogP contribution >= 0.6 is 11.6 Å². The van der Waals surface area contributed by atoms with Gasteiger partial charge in [-0.05, 0) is 60.4 Å². The molecule has 1 N–H and O–H groups in total. The highest BCUT2D eigenvalue weighted by Crippen LogP contribution is 2.33. The maximum atomic E-state index is 14.6. The molecule has 1 atom stereocenters. The lowest BCUT2D eigenvalue weighted by Crippen LogP contribution is -2.55. The third-order valence-corrected chi connectivity index (χ3v) is 10.7. The molecule has 0 radical (unpaired) electrons. The van der Waals surface area contributed by atoms with Crippen LogP contribution in [0.2, 0.25) is 5.02 Å². The molecule has 258 valence electrons. The predicted molar refractivity (Wildman–Crippen MR) is 183 cm³/mol. The lowest BCUT2D eigenvalue weighted by Gasteiger charge is -2.35. The third-order valence-electron chi connectivity index (χ3n) is 8.59. The first kappa shape index (κ1) is 35.9. The summed E-state index contributed by atoms with van der Waals surface area (Å²) < 4.78 is 70.3. The number of rotatable bonds is 12. The van der Waals surface area contributed by atoms with Crippen molar-refractivity contribution in [1.29, 1.82) is 0 Å². The highest BCUT2D eigenvalue weighted by molar-refractivity contribution is 7.92. The smallest absolute Gasteiger partial charge is 0.352 e. The molecule has 4 aromatic rings. The number of nitrogens with zero attached hydrogens (tertiary/aromatic N) is 2. The molecule has 12 heteroatoms. The molecule has 0 aromatic heterocycles. The molecule has 7 nitrogen and oxygen atoms in total. The van der Waals surface area contributed by atoms with Crippen LogP contribution in [0.3, 0.4) is 0 Å². The van der Waals surface area contributed by atoms with Crippen LogP contribution in [0.1, 0.15) is 48.8 Å². The van der Waals surface area contributed by atoms with Gasteiger partial charge >= 0.3 is 6.18 Å². The molecule has 4 aromatic carbocycles. The summed E-state index contributed by atoms with van der Waals surface area (Å²) in [6.07, 6.45) is -0.0967. The molecule has 1 aliphatic rings. The summed E-state index contributed by atoms with van der Waals surface area (Å²) in [5, 5.41) is 3.45. The maximum absolute atomic E-state index is 14.6. The number of hydrogen-bond donors (Lipinski definition) is 1. The van der Waals surface area contributed by atoms with Crippen LogP contribution in [0.4, 0.5) is 18.9 Å². The van der Waals surface area contributed by atoms with Crippen molar-refractivity contribution in [3.05, 3.63) is 131 Å². The summed E-state index contributed by atoms with van der Waals surface area (Å²) in [5.74, 6) is -1.20. The van der Waals surface area contributed by atoms with Crippen molar-refractivity contribution in [1.82, 2.24) is 10.2 Å². The number of halogens is 4. The number of amides is 2. The molecule has 0 bridgehead atoms. The molecular formula is C37H37ClF3N3O4S. The number of sulfonamides is 1. The number of carbonyl (C=O) groups is 2. The Balaban J connectivity index is 1.59. The molecule has 2 amide bonds. The van der Waals surface area contributed by atoms with E-state index in [1.165, 1.54) is 35.2 Å². The third kappa shape index (κ3) is 9.21. The van der Waals surface area contributed by atoms with Crippen molar-refractivity contribution in [2.24, 2.45) is 0 Å². The highest BCUT2D eigenvalue weighted by Gasteiger charge is 2.37. The molecule has 0 aliphatic heterocycles. The van der Waals surface area contributed by atoms with Gasteiger partial charge in [0.25, 0.3) is 10.0 Å². The van der Waals surface area contributed by atoms with Gasteiger partial charge in [-0.3, -0.25) is 13.9 Å². The predicted octanol–water partition coefficient (Wildman–Crippen LogP) is 7.64. The molecular weight excluding hydrogens is 675 g/mol. The van der Waals surface area contributed by atoms with E-state index in [1.807, 2.05) is 30.3 Å². The van der Waals surface area contributed by atoms with Gasteiger partial charge in [0, 0.05) is 24.0 Å². The molecule has 5 rings (SSSR count). The average Bonchev–Trinajstić information content (AvgIpc) is 3.10. The standard InChI is InChI=1S/C37H37ClF3N3O4S/c38-33-22-11-10-15-28(33)25-43(34(23-27-13-4-1-5-14-27)36(46)42-30-17-6-2-7-18-30)35(45)26-44(49(47,48)32-20-8-3-9-21-32)31-19-12-16-29(24-31)37(39,40)41/h1,3-5,8-16,19-22,24,30,34H,2,6-7,17-18,23,25-26H2,(H,42,46). The molecule has 0 saturated heterocycles. The zero-order valence-corrected chi connectivity index (χ0v) is 28.2. The van der Waals surface area contributed by atoms with Crippen molar-refractivity contribution in [3.63, 3.8) is 0 Å². The SMILES string of the molecule is O=C(NC1CCCCC1)C(Cc1ccccc1)N(Cc1ccccc1Cl)C(=O)CN(c1cccc(C(F)(F)F)c1)S(=O)(=O)c1ccccc1. The van der Waals surface area contributed by atoms with Crippen LogP contribution in [0.25, 0.3) is 0 Å². The number of nitrogens with one attached hydrogen (secondary N) is 1. The fraction of sp³-hybridized carbons (Fsp3) is 0.297. The van der Waals surface area contributed by atoms with Crippen LogP contribution in [0.5, 0.6) is 0 Å². The Morgan fingerprint density at radius 1 is 0.837 bits per heavy atom. The molecule has 0 spiro atoms. The fourth-order valence-corrected chi connectivity index (χ4v) is 7.62. The Labute approximate surface area is 289 Å². The Kier molecular flexibility index (Phi) is 11.7. The molecule has 1 unspecified atom stereocenters. The molecule has 1 saturated carbocycles. The van der Waals surface area contributed by atoms with E-state index in [4.69, 9.17) is 11.6 Å². The lowest BCUT2D eigenvalue weighted by atomic mass is 9.94. The van der Waals surface area contributed by atoms with Crippen LogP contribution in [0.15, 0.2) is 114 Å². The second-order valence-corrected chi connectivity index (χ2v) is 14.3. The summed E-state index contributed by atoms with van der Waals surface area (Å²) in [6.45, 7) is -1.04. The second-order valence-electron chi connectivity index (χ2n) is 12.0. The Bertz CT molecular complexity index is 1840. The lowest BCUT2D eigenvalue weighted by molar-refractivity contribution is -0.140. The number of carbonyl (C=O) groups excluding carboxylic acids is 2. The first-order valence-corrected chi connectivity index (χ1v) is 17.9. The topological polar surface area (TPSA) is 86.8 Å². The largest absolute Gasteiger partial charge is 0.416 e. The monoisotopic (exact) mass is 711 g/mol. The van der Waals surface area contributed by atoms with E-state index >= 15 is 0 Å². The highest BCUT2D eigenvalue weighted by atomic mass is 35.5. The van der Waals surface area contributed by atoms with Gasteiger partial charge in [-0.25, -0.2) is 8.42 Å². The van der Waals surface area contributed by atoms with Gasteiger partial charge in [-0.2, -0.15) is 13.2 Å². The van der Waals surface area contributed by atoms with Gasteiger partial charge in [-0.15, -0.1) is 0 Å². The van der Waals surface area contributed by atoms with Crippen molar-refractivity contribution >= 4 is 39.1 Å². The zero-order chi connectivity index (χ0) is 35.0. The van der Waals surface area contributed by atoms with Crippen LogP contribution in [0, 0.1) is 0 Å². The fourth-order valence-electron chi connectivity index (χ4n) is 5.99. The van der Waals surface area contributed by atoms with Crippen molar-refractivity contribution < 1.29 is 31.2 Å². The van der Waals surface area contributed by atoms with Gasteiger partial charge in [0.1, 0.15) is 12.6 Å². The minimum absolute atomic E-state index is 0.0862. The normalized spacial score (nSPS) is 14.5. The van der Waals surface area contributed by atoms with Gasteiger partial charge in [0.05, 0.1) is 16.1 Å². The summed E-state index contributed by atoms with van der Waals surface area (Å²) in [5.41, 5.74) is -0.157. The summed E-state index contributed by atoms with van der Waals surface area (Å²) in [4.78, 5) is 29.8. The van der Waals surface area contributed by atoms with E-state index in [0.717, 1.165) is 49.8 Å². The van der Waals surface area contributed by atoms with E-state index in [0.29, 0.717) is 21.0 Å². The van der Waals surface area contributed by atoms with E-state index in [-0.39, 0.29) is 29.6 Å². The molecule has 0 heterocycles. The number of benzene rings is 4. The van der Waals surface area contributed by atoms with E-state index in [2.05, 4.69) is 5.32 Å². The first-order chi connectivity index (χ1) is 23.4. The summed E-state index contributed by atoms with van der Waals surface area (Å²) in [7, 11) is -4.56. The molecule has 49 heavy (non-hydrogen) atoms. The van der Waals surface area contributed by atoms with Gasteiger partial charge in [-0.1, -0.05) is 104 Å². The molecule has 1 fully saturated rings. The van der Waals surface area contributed by atoms with Crippen LogP contribution in [-0.4, -0.2) is 43.8 Å². The minimum atomic E-state index is -4.77. The second kappa shape index (κ2) is 15.9. The number of hydrogen-bond acceptors (Lipinski definition) is 4. The van der Waals surface area contributed by atoms with Crippen molar-refractivity contribution in [2.45, 2.75) is 68.2 Å². The number of anilines is 1. The van der Waals surface area contributed by atoms with Gasteiger partial charge in [0.15, 0.2) is 0 Å². The zero-order valence-electron chi connectivity index (χ0n) is 26.7. The van der Waals surface area contributed by atoms with Crippen LogP contribution < -0.4 is 9.62 Å². The number of alkyl halides is 3. The van der Waals surface area contributed by atoms with Crippen molar-refractivity contribution in [2.75, 3.05) is 10.8 Å². The summed E-state index contributed by atoms with van der Waals surface area (Å²) in [6, 6.07) is 25.7. The van der Waals surface area contributed by atoms with E-state index < -0.39 is 46.2 Å². The maximum Gasteiger partial charge on any atom is 0.416 e. The Morgan fingerprint density at radius 2 is 1.47 bits per heavy atom. The summed E-state index contributed by atoms with van der Waals surface area (Å²) >= 11 is 6.54. The first-order valence-electron chi connectivity index (χ1n) is 16.1. The van der Waals surface area contributed by atoms with Gasteiger partial charge in [0.2, 0.25) is 11.8 Å². The quantitative estimate of drug-likeness (QED) is 0.164. The minimum Gasteiger partial charge on any atom is -0.352 e. The van der Waals surface area contributed by atoms with Crippen molar-refractivity contribution in [3.8, 4) is 0 Å². The molecule has 1 aliphatic carbocycles.